The molecule has 0 spiro atoms. The summed E-state index contributed by atoms with van der Waals surface area (Å²) in [4.78, 5) is 31.1. The third-order valence-corrected chi connectivity index (χ3v) is 10.1. The Labute approximate surface area is 226 Å². The van der Waals surface area contributed by atoms with E-state index in [2.05, 4.69) is 54.5 Å². The van der Waals surface area contributed by atoms with E-state index < -0.39 is 0 Å². The standard InChI is InChI=1S/C24H21Br2N3O2S3/c1-3-5-6-12(4-2)11-29-23(30)19-17(13-7-9-15(25)32-13)21-22(28-34-27-21)18(20(19)24(29)31)14-8-10-16(26)33-14/h7-10,12H,3-6,11H2,1-2H3. The molecule has 0 saturated carbocycles. The second-order valence-electron chi connectivity index (χ2n) is 8.31. The molecule has 1 aromatic carbocycles. The van der Waals surface area contributed by atoms with Crippen molar-refractivity contribution in [3.8, 4) is 20.9 Å². The molecule has 1 unspecified atom stereocenters. The van der Waals surface area contributed by atoms with Crippen LogP contribution in [0.4, 0.5) is 0 Å². The first-order valence-corrected chi connectivity index (χ1v) is 15.1. The molecule has 3 aromatic heterocycles. The number of fused-ring (bicyclic) bond motifs is 2. The molecule has 1 aliphatic rings. The molecule has 5 rings (SSSR count). The number of hydrogen-bond donors (Lipinski definition) is 0. The van der Waals surface area contributed by atoms with Crippen LogP contribution in [0.2, 0.25) is 0 Å². The number of imide groups is 1. The van der Waals surface area contributed by atoms with Gasteiger partial charge >= 0.3 is 0 Å². The van der Waals surface area contributed by atoms with Crippen LogP contribution in [-0.4, -0.2) is 32.0 Å². The summed E-state index contributed by atoms with van der Waals surface area (Å²) < 4.78 is 11.1. The Kier molecular flexibility index (Phi) is 7.05. The first kappa shape index (κ1) is 24.2. The third kappa shape index (κ3) is 4.11. The summed E-state index contributed by atoms with van der Waals surface area (Å²) in [5.74, 6) is -0.153. The lowest BCUT2D eigenvalue weighted by molar-refractivity contribution is 0.0625. The summed E-state index contributed by atoms with van der Waals surface area (Å²) in [6.07, 6.45) is 4.13. The van der Waals surface area contributed by atoms with Gasteiger partial charge in [-0.05, 0) is 68.5 Å². The van der Waals surface area contributed by atoms with Crippen molar-refractivity contribution in [2.45, 2.75) is 39.5 Å². The lowest BCUT2D eigenvalue weighted by Crippen LogP contribution is -2.34. The van der Waals surface area contributed by atoms with Crippen molar-refractivity contribution in [1.82, 2.24) is 13.6 Å². The maximum absolute atomic E-state index is 13.9. The van der Waals surface area contributed by atoms with Gasteiger partial charge in [-0.15, -0.1) is 22.7 Å². The van der Waals surface area contributed by atoms with Gasteiger partial charge < -0.3 is 0 Å². The molecule has 0 bridgehead atoms. The van der Waals surface area contributed by atoms with Gasteiger partial charge in [0.15, 0.2) is 0 Å². The number of amides is 2. The van der Waals surface area contributed by atoms with E-state index in [0.29, 0.717) is 28.7 Å². The van der Waals surface area contributed by atoms with Crippen LogP contribution in [-0.2, 0) is 0 Å². The summed E-state index contributed by atoms with van der Waals surface area (Å²) in [6, 6.07) is 7.86. The van der Waals surface area contributed by atoms with E-state index >= 15 is 0 Å². The predicted molar refractivity (Wildman–Crippen MR) is 148 cm³/mol. The van der Waals surface area contributed by atoms with Crippen LogP contribution in [0.3, 0.4) is 0 Å². The predicted octanol–water partition coefficient (Wildman–Crippen LogP) is 8.49. The average Bonchev–Trinajstić information content (AvgIpc) is 3.60. The highest BCUT2D eigenvalue weighted by molar-refractivity contribution is 9.11. The SMILES string of the molecule is CCCCC(CC)CN1C(=O)c2c(c(-c3ccc(Br)s3)c3nsnc3c2-c2ccc(Br)s2)C1=O. The van der Waals surface area contributed by atoms with Crippen LogP contribution in [0.25, 0.3) is 31.9 Å². The van der Waals surface area contributed by atoms with Crippen molar-refractivity contribution in [2.75, 3.05) is 6.54 Å². The van der Waals surface area contributed by atoms with Gasteiger partial charge in [-0.1, -0.05) is 33.1 Å². The number of carbonyl (C=O) groups excluding carboxylic acids is 2. The number of halogens is 2. The summed E-state index contributed by atoms with van der Waals surface area (Å²) >= 11 is 11.3. The van der Waals surface area contributed by atoms with E-state index in [9.17, 15) is 9.59 Å². The van der Waals surface area contributed by atoms with E-state index in [1.807, 2.05) is 24.3 Å². The van der Waals surface area contributed by atoms with Crippen molar-refractivity contribution in [1.29, 1.82) is 0 Å². The number of hydrogen-bond acceptors (Lipinski definition) is 7. The zero-order chi connectivity index (χ0) is 24.0. The fourth-order valence-electron chi connectivity index (χ4n) is 4.51. The molecule has 0 N–H and O–H groups in total. The van der Waals surface area contributed by atoms with Gasteiger partial charge in [0, 0.05) is 27.4 Å². The molecule has 34 heavy (non-hydrogen) atoms. The number of aromatic nitrogens is 2. The largest absolute Gasteiger partial charge is 0.274 e. The molecule has 0 fully saturated rings. The smallest absolute Gasteiger partial charge is 0.262 e. The Hall–Kier alpha value is -1.46. The normalized spacial score (nSPS) is 14.4. The number of carbonyl (C=O) groups is 2. The molecule has 1 aliphatic heterocycles. The first-order chi connectivity index (χ1) is 16.4. The number of thiophene rings is 2. The molecule has 0 saturated heterocycles. The van der Waals surface area contributed by atoms with Gasteiger partial charge in [-0.3, -0.25) is 14.5 Å². The van der Waals surface area contributed by atoms with Crippen LogP contribution in [0, 0.1) is 5.92 Å². The van der Waals surface area contributed by atoms with E-state index in [-0.39, 0.29) is 17.7 Å². The van der Waals surface area contributed by atoms with E-state index in [0.717, 1.165) is 65.9 Å². The first-order valence-electron chi connectivity index (χ1n) is 11.1. The van der Waals surface area contributed by atoms with Crippen LogP contribution < -0.4 is 0 Å². The molecular weight excluding hydrogens is 618 g/mol. The highest BCUT2D eigenvalue weighted by atomic mass is 79.9. The minimum Gasteiger partial charge on any atom is -0.274 e. The lowest BCUT2D eigenvalue weighted by Gasteiger charge is -2.21. The molecule has 4 heterocycles. The summed E-state index contributed by atoms with van der Waals surface area (Å²) in [6.45, 7) is 4.74. The molecule has 2 amide bonds. The molecular formula is C24H21Br2N3O2S3. The minimum atomic E-state index is -0.221. The monoisotopic (exact) mass is 637 g/mol. The second kappa shape index (κ2) is 9.89. The zero-order valence-electron chi connectivity index (χ0n) is 18.6. The fraction of sp³-hybridized carbons (Fsp3) is 0.333. The van der Waals surface area contributed by atoms with Gasteiger partial charge in [0.05, 0.1) is 30.4 Å². The zero-order valence-corrected chi connectivity index (χ0v) is 24.2. The Morgan fingerprint density at radius 1 is 0.853 bits per heavy atom. The van der Waals surface area contributed by atoms with Crippen molar-refractivity contribution in [2.24, 2.45) is 5.92 Å². The van der Waals surface area contributed by atoms with Crippen LogP contribution in [0.15, 0.2) is 31.8 Å². The maximum atomic E-state index is 13.9. The molecule has 0 radical (unpaired) electrons. The molecule has 0 aliphatic carbocycles. The maximum Gasteiger partial charge on any atom is 0.262 e. The van der Waals surface area contributed by atoms with Gasteiger partial charge in [0.1, 0.15) is 11.0 Å². The summed E-state index contributed by atoms with van der Waals surface area (Å²) in [5, 5.41) is 0. The minimum absolute atomic E-state index is 0.221. The second-order valence-corrected chi connectivity index (χ2v) is 13.8. The number of rotatable bonds is 8. The van der Waals surface area contributed by atoms with Gasteiger partial charge in [-0.2, -0.15) is 8.75 Å². The van der Waals surface area contributed by atoms with Crippen molar-refractivity contribution in [3.05, 3.63) is 43.0 Å². The van der Waals surface area contributed by atoms with E-state index in [1.165, 1.54) is 27.6 Å². The van der Waals surface area contributed by atoms with Gasteiger partial charge in [0.25, 0.3) is 11.8 Å². The van der Waals surface area contributed by atoms with Gasteiger partial charge in [-0.25, -0.2) is 0 Å². The molecule has 10 heteroatoms. The van der Waals surface area contributed by atoms with E-state index in [4.69, 9.17) is 0 Å². The highest BCUT2D eigenvalue weighted by Gasteiger charge is 2.43. The van der Waals surface area contributed by atoms with Gasteiger partial charge in [0.2, 0.25) is 0 Å². The summed E-state index contributed by atoms with van der Waals surface area (Å²) in [7, 11) is 0. The Morgan fingerprint density at radius 2 is 1.38 bits per heavy atom. The number of unbranched alkanes of at least 4 members (excludes halogenated alkanes) is 1. The molecule has 4 aromatic rings. The van der Waals surface area contributed by atoms with Crippen LogP contribution in [0.1, 0.15) is 60.2 Å². The molecule has 176 valence electrons. The topological polar surface area (TPSA) is 63.2 Å². The number of benzene rings is 1. The quantitative estimate of drug-likeness (QED) is 0.182. The van der Waals surface area contributed by atoms with Crippen LogP contribution in [0.5, 0.6) is 0 Å². The Bertz CT molecular complexity index is 1310. The lowest BCUT2D eigenvalue weighted by atomic mass is 9.93. The average molecular weight is 639 g/mol. The summed E-state index contributed by atoms with van der Waals surface area (Å²) in [5.41, 5.74) is 3.72. The fourth-order valence-corrected chi connectivity index (χ4v) is 7.95. The highest BCUT2D eigenvalue weighted by Crippen LogP contribution is 2.48. The third-order valence-electron chi connectivity index (χ3n) is 6.25. The van der Waals surface area contributed by atoms with Crippen LogP contribution >= 0.6 is 66.3 Å². The molecule has 1 atom stereocenters. The Balaban J connectivity index is 1.75. The van der Waals surface area contributed by atoms with Crippen molar-refractivity contribution >= 4 is 89.1 Å². The number of nitrogens with zero attached hydrogens (tertiary/aromatic N) is 3. The van der Waals surface area contributed by atoms with Crippen molar-refractivity contribution < 1.29 is 9.59 Å². The molecule has 5 nitrogen and oxygen atoms in total. The van der Waals surface area contributed by atoms with Crippen molar-refractivity contribution in [3.63, 3.8) is 0 Å². The Morgan fingerprint density at radius 3 is 1.79 bits per heavy atom. The van der Waals surface area contributed by atoms with E-state index in [1.54, 1.807) is 0 Å².